The number of amides is 3. The molecule has 222 valence electrons. The van der Waals surface area contributed by atoms with E-state index < -0.39 is 5.92 Å². The lowest BCUT2D eigenvalue weighted by Gasteiger charge is -2.43. The molecule has 3 amide bonds. The Hall–Kier alpha value is -3.08. The molecule has 3 aromatic rings. The van der Waals surface area contributed by atoms with Crippen LogP contribution < -0.4 is 14.5 Å². The lowest BCUT2D eigenvalue weighted by atomic mass is 9.68. The molecule has 2 aromatic carbocycles. The highest BCUT2D eigenvalue weighted by molar-refractivity contribution is 8.00. The fourth-order valence-corrected chi connectivity index (χ4v) is 11.5. The summed E-state index contributed by atoms with van der Waals surface area (Å²) >= 11 is 8.96. The molecule has 3 aliphatic heterocycles. The van der Waals surface area contributed by atoms with E-state index in [0.29, 0.717) is 16.5 Å². The number of para-hydroxylation sites is 1. The van der Waals surface area contributed by atoms with Gasteiger partial charge in [-0.25, -0.2) is 0 Å². The van der Waals surface area contributed by atoms with Crippen LogP contribution in [0.5, 0.6) is 5.75 Å². The van der Waals surface area contributed by atoms with Crippen molar-refractivity contribution in [3.8, 4) is 5.75 Å². The van der Waals surface area contributed by atoms with E-state index in [1.54, 1.807) is 36.0 Å². The lowest BCUT2D eigenvalue weighted by Crippen LogP contribution is -2.43. The predicted molar refractivity (Wildman–Crippen MR) is 165 cm³/mol. The van der Waals surface area contributed by atoms with Crippen LogP contribution in [0, 0.1) is 29.6 Å². The minimum Gasteiger partial charge on any atom is -0.483 e. The highest BCUT2D eigenvalue weighted by Gasteiger charge is 2.69. The number of likely N-dealkylation sites (tertiary alicyclic amines) is 1. The number of thiazole rings is 1. The zero-order valence-electron chi connectivity index (χ0n) is 23.2. The quantitative estimate of drug-likeness (QED) is 0.389. The molecule has 11 heteroatoms. The van der Waals surface area contributed by atoms with Crippen molar-refractivity contribution in [1.29, 1.82) is 0 Å². The van der Waals surface area contributed by atoms with Crippen molar-refractivity contribution < 1.29 is 19.1 Å². The van der Waals surface area contributed by atoms with E-state index in [1.165, 1.54) is 16.2 Å². The number of hydrogen-bond donors (Lipinski definition) is 1. The monoisotopic (exact) mass is 635 g/mol. The van der Waals surface area contributed by atoms with Crippen LogP contribution in [0.4, 0.5) is 5.69 Å². The molecule has 1 N–H and O–H groups in total. The van der Waals surface area contributed by atoms with Crippen LogP contribution >= 0.6 is 34.7 Å². The Labute approximate surface area is 261 Å². The number of ether oxygens (including phenoxy) is 1. The lowest BCUT2D eigenvalue weighted by molar-refractivity contribution is -0.134. The summed E-state index contributed by atoms with van der Waals surface area (Å²) in [5.41, 5.74) is 1.48. The number of rotatable bonds is 5. The van der Waals surface area contributed by atoms with Crippen molar-refractivity contribution in [2.75, 3.05) is 24.6 Å². The summed E-state index contributed by atoms with van der Waals surface area (Å²) in [5, 5.41) is 1.46. The highest BCUT2D eigenvalue weighted by atomic mass is 35.5. The number of hydrogen-bond acceptors (Lipinski definition) is 7. The van der Waals surface area contributed by atoms with Gasteiger partial charge in [-0.2, -0.15) is 0 Å². The molecule has 4 fully saturated rings. The minimum atomic E-state index is -0.400. The first kappa shape index (κ1) is 27.5. The first-order valence-electron chi connectivity index (χ1n) is 14.9. The molecule has 7 atom stereocenters. The fourth-order valence-electron chi connectivity index (χ4n) is 8.45. The Morgan fingerprint density at radius 3 is 2.44 bits per heavy atom. The molecule has 0 spiro atoms. The van der Waals surface area contributed by atoms with E-state index in [4.69, 9.17) is 16.3 Å². The average molecular weight is 636 g/mol. The fraction of sp³-hybridized carbons (Fsp3) is 0.438. The van der Waals surface area contributed by atoms with E-state index in [1.807, 2.05) is 29.2 Å². The highest BCUT2D eigenvalue weighted by Crippen LogP contribution is 2.69. The van der Waals surface area contributed by atoms with E-state index in [-0.39, 0.29) is 64.0 Å². The second-order valence-corrected chi connectivity index (χ2v) is 14.9. The van der Waals surface area contributed by atoms with Gasteiger partial charge in [-0.05, 0) is 73.8 Å². The van der Waals surface area contributed by atoms with Gasteiger partial charge in [0.05, 0.1) is 22.5 Å². The maximum atomic E-state index is 14.0. The Kier molecular flexibility index (Phi) is 6.72. The van der Waals surface area contributed by atoms with Gasteiger partial charge in [0, 0.05) is 39.7 Å². The van der Waals surface area contributed by atoms with Gasteiger partial charge in [0.25, 0.3) is 5.91 Å². The Balaban J connectivity index is 1.15. The zero-order valence-corrected chi connectivity index (χ0v) is 25.6. The number of H-pyrrole nitrogens is 1. The third-order valence-electron chi connectivity index (χ3n) is 10.1. The van der Waals surface area contributed by atoms with Gasteiger partial charge in [0.2, 0.25) is 11.8 Å². The van der Waals surface area contributed by atoms with E-state index in [9.17, 15) is 19.2 Å². The topological polar surface area (TPSA) is 99.8 Å². The van der Waals surface area contributed by atoms with Gasteiger partial charge in [-0.3, -0.25) is 24.1 Å². The van der Waals surface area contributed by atoms with Crippen LogP contribution in [0.15, 0.2) is 58.4 Å². The number of nitrogens with zero attached hydrogens (tertiary/aromatic N) is 2. The Bertz CT molecular complexity index is 1680. The van der Waals surface area contributed by atoms with E-state index in [2.05, 4.69) is 4.98 Å². The third kappa shape index (κ3) is 4.31. The van der Waals surface area contributed by atoms with Crippen molar-refractivity contribution in [3.63, 3.8) is 0 Å². The molecule has 2 bridgehead atoms. The number of nitrogens with one attached hydrogen (secondary N) is 1. The summed E-state index contributed by atoms with van der Waals surface area (Å²) in [6.45, 7) is 1.49. The molecule has 1 aromatic heterocycles. The maximum Gasteiger partial charge on any atom is 0.305 e. The first-order chi connectivity index (χ1) is 20.9. The van der Waals surface area contributed by atoms with Crippen LogP contribution in [0.3, 0.4) is 0 Å². The van der Waals surface area contributed by atoms with Crippen LogP contribution in [-0.4, -0.2) is 52.6 Å². The second-order valence-electron chi connectivity index (χ2n) is 12.2. The maximum absolute atomic E-state index is 14.0. The number of thioether (sulfide) groups is 1. The van der Waals surface area contributed by atoms with Crippen LogP contribution in [0.1, 0.15) is 42.0 Å². The molecule has 2 aliphatic carbocycles. The van der Waals surface area contributed by atoms with Gasteiger partial charge >= 0.3 is 4.87 Å². The Morgan fingerprint density at radius 2 is 1.67 bits per heavy atom. The minimum absolute atomic E-state index is 0.0142. The smallest absolute Gasteiger partial charge is 0.305 e. The number of aromatic nitrogens is 1. The van der Waals surface area contributed by atoms with Crippen LogP contribution in [0.25, 0.3) is 0 Å². The molecular weight excluding hydrogens is 606 g/mol. The number of carbonyl (C=O) groups excluding carboxylic acids is 3. The summed E-state index contributed by atoms with van der Waals surface area (Å²) in [7, 11) is 0. The number of imide groups is 1. The number of halogens is 1. The van der Waals surface area contributed by atoms with Crippen molar-refractivity contribution >= 4 is 58.1 Å². The second kappa shape index (κ2) is 10.5. The zero-order chi connectivity index (χ0) is 29.4. The molecule has 4 unspecified atom stereocenters. The average Bonchev–Trinajstić information content (AvgIpc) is 3.76. The summed E-state index contributed by atoms with van der Waals surface area (Å²) in [4.78, 5) is 60.6. The van der Waals surface area contributed by atoms with Gasteiger partial charge in [0.15, 0.2) is 6.61 Å². The molecule has 2 saturated heterocycles. The van der Waals surface area contributed by atoms with Crippen molar-refractivity contribution in [1.82, 2.24) is 9.88 Å². The van der Waals surface area contributed by atoms with Gasteiger partial charge < -0.3 is 14.6 Å². The number of benzene rings is 2. The standard InChI is InChI=1S/C32H30ClN3O5S2/c33-16-8-10-17(11-9-16)36-30(38)25-19-14-20(26(25)31(36)39)27-24(19)23(28-29(42-27)34-32(40)43-28)18-6-2-3-7-21(18)41-15-22(37)35-12-4-1-5-13-35/h2-3,6-11,19-20,23-27H,1,4-5,12-15H2,(H,34,40)/t19-,20-,23-,24?,25?,26?,27?/m1/s1. The van der Waals surface area contributed by atoms with Crippen molar-refractivity contribution in [2.45, 2.75) is 41.9 Å². The molecule has 2 saturated carbocycles. The summed E-state index contributed by atoms with van der Waals surface area (Å²) < 4.78 is 6.24. The van der Waals surface area contributed by atoms with Crippen LogP contribution in [-0.2, 0) is 14.4 Å². The number of carbonyl (C=O) groups is 3. The first-order valence-corrected chi connectivity index (χ1v) is 17.0. The van der Waals surface area contributed by atoms with Gasteiger partial charge in [-0.15, -0.1) is 11.8 Å². The molecule has 0 radical (unpaired) electrons. The molecule has 4 heterocycles. The molecule has 5 aliphatic rings. The van der Waals surface area contributed by atoms with Crippen molar-refractivity contribution in [3.05, 3.63) is 73.7 Å². The molecule has 8 rings (SSSR count). The van der Waals surface area contributed by atoms with Crippen molar-refractivity contribution in [2.24, 2.45) is 29.6 Å². The van der Waals surface area contributed by atoms with Gasteiger partial charge in [-0.1, -0.05) is 41.1 Å². The van der Waals surface area contributed by atoms with Gasteiger partial charge in [0.1, 0.15) is 5.75 Å². The molecule has 8 nitrogen and oxygen atoms in total. The normalized spacial score (nSPS) is 30.8. The number of aromatic amines is 1. The molecule has 43 heavy (non-hydrogen) atoms. The molecular formula is C32H30ClN3O5S2. The largest absolute Gasteiger partial charge is 0.483 e. The predicted octanol–water partition coefficient (Wildman–Crippen LogP) is 5.16. The SMILES string of the molecule is O=C(COc1ccccc1[C@H]1c2sc(=O)[nH]c2SC2C1[C@H]1C[C@@H]2C2C(=O)N(c3ccc(Cl)cc3)C(=O)C21)N1CCCCC1. The van der Waals surface area contributed by atoms with Crippen LogP contribution in [0.2, 0.25) is 5.02 Å². The summed E-state index contributed by atoms with van der Waals surface area (Å²) in [6.07, 6.45) is 3.98. The van der Waals surface area contributed by atoms with E-state index >= 15 is 0 Å². The summed E-state index contributed by atoms with van der Waals surface area (Å²) in [6, 6.07) is 14.6. The third-order valence-corrected chi connectivity index (χ3v) is 13.0. The number of piperidine rings is 1. The summed E-state index contributed by atoms with van der Waals surface area (Å²) in [5.74, 6) is -0.570. The Morgan fingerprint density at radius 1 is 0.953 bits per heavy atom. The number of anilines is 1. The van der Waals surface area contributed by atoms with E-state index in [0.717, 1.165) is 54.2 Å². The number of fused-ring (bicyclic) bond motifs is 9.